The normalized spacial score (nSPS) is 15.0. The SMILES string of the molecule is C=CCN1C(=O)/C(=C\c2cc(Cl)c(OCc3ccc(Cl)cc3Cl)c(OCC)c2)SC1=S. The zero-order valence-corrected chi connectivity index (χ0v) is 20.4. The standard InChI is InChI=1S/C22H18Cl3NO3S2/c1-3-7-26-21(27)19(31-22(26)30)10-13-8-17(25)20(18(9-13)28-4-2)29-12-14-5-6-15(23)11-16(14)24/h3,5-6,8-11H,1,4,7,12H2,2H3/b19-10+. The first-order chi connectivity index (χ1) is 14.8. The van der Waals surface area contributed by atoms with Crippen LogP contribution < -0.4 is 9.47 Å². The predicted octanol–water partition coefficient (Wildman–Crippen LogP) is 7.01. The molecule has 0 aromatic heterocycles. The molecule has 1 amide bonds. The van der Waals surface area contributed by atoms with Crippen LogP contribution in [-0.4, -0.2) is 28.3 Å². The highest BCUT2D eigenvalue weighted by atomic mass is 35.5. The largest absolute Gasteiger partial charge is 0.490 e. The molecule has 9 heteroatoms. The summed E-state index contributed by atoms with van der Waals surface area (Å²) in [6, 6.07) is 8.66. The number of hydrogen-bond donors (Lipinski definition) is 0. The van der Waals surface area contributed by atoms with Crippen molar-refractivity contribution < 1.29 is 14.3 Å². The summed E-state index contributed by atoms with van der Waals surface area (Å²) in [6.07, 6.45) is 3.37. The van der Waals surface area contributed by atoms with Crippen molar-refractivity contribution in [2.24, 2.45) is 0 Å². The fourth-order valence-electron chi connectivity index (χ4n) is 2.80. The number of thiocarbonyl (C=S) groups is 1. The van der Waals surface area contributed by atoms with E-state index in [-0.39, 0.29) is 12.5 Å². The molecule has 1 heterocycles. The van der Waals surface area contributed by atoms with E-state index in [1.54, 1.807) is 42.5 Å². The van der Waals surface area contributed by atoms with Crippen LogP contribution in [0.15, 0.2) is 47.9 Å². The van der Waals surface area contributed by atoms with E-state index in [2.05, 4.69) is 6.58 Å². The minimum atomic E-state index is -0.165. The molecule has 1 aliphatic rings. The molecule has 1 saturated heterocycles. The van der Waals surface area contributed by atoms with Gasteiger partial charge in [0, 0.05) is 22.2 Å². The monoisotopic (exact) mass is 513 g/mol. The number of ether oxygens (including phenoxy) is 2. The van der Waals surface area contributed by atoms with Gasteiger partial charge in [-0.25, -0.2) is 0 Å². The van der Waals surface area contributed by atoms with Crippen LogP contribution in [0.3, 0.4) is 0 Å². The molecule has 2 aromatic carbocycles. The van der Waals surface area contributed by atoms with Crippen LogP contribution in [0.1, 0.15) is 18.1 Å². The smallest absolute Gasteiger partial charge is 0.266 e. The minimum absolute atomic E-state index is 0.165. The van der Waals surface area contributed by atoms with Gasteiger partial charge in [-0.1, -0.05) is 70.9 Å². The zero-order chi connectivity index (χ0) is 22.5. The molecule has 0 radical (unpaired) electrons. The summed E-state index contributed by atoms with van der Waals surface area (Å²) < 4.78 is 12.1. The van der Waals surface area contributed by atoms with Gasteiger partial charge in [-0.2, -0.15) is 0 Å². The van der Waals surface area contributed by atoms with E-state index in [4.69, 9.17) is 56.5 Å². The van der Waals surface area contributed by atoms with Gasteiger partial charge in [0.1, 0.15) is 10.9 Å². The molecule has 162 valence electrons. The lowest BCUT2D eigenvalue weighted by Gasteiger charge is -2.15. The lowest BCUT2D eigenvalue weighted by molar-refractivity contribution is -0.121. The molecule has 1 fully saturated rings. The average Bonchev–Trinajstić information content (AvgIpc) is 2.96. The van der Waals surface area contributed by atoms with Crippen molar-refractivity contribution in [1.82, 2.24) is 4.90 Å². The highest BCUT2D eigenvalue weighted by Crippen LogP contribution is 2.40. The van der Waals surface area contributed by atoms with Gasteiger partial charge in [-0.05, 0) is 42.8 Å². The Hall–Kier alpha value is -1.70. The number of amides is 1. The Labute approximate surface area is 205 Å². The van der Waals surface area contributed by atoms with Gasteiger partial charge in [0.15, 0.2) is 11.5 Å². The molecule has 3 rings (SSSR count). The number of benzene rings is 2. The van der Waals surface area contributed by atoms with Gasteiger partial charge in [0.2, 0.25) is 0 Å². The number of thioether (sulfide) groups is 1. The maximum Gasteiger partial charge on any atom is 0.266 e. The van der Waals surface area contributed by atoms with Crippen LogP contribution in [-0.2, 0) is 11.4 Å². The minimum Gasteiger partial charge on any atom is -0.490 e. The van der Waals surface area contributed by atoms with Gasteiger partial charge in [0.05, 0.1) is 16.5 Å². The Balaban J connectivity index is 1.87. The molecule has 0 spiro atoms. The van der Waals surface area contributed by atoms with Crippen LogP contribution in [0.2, 0.25) is 15.1 Å². The summed E-state index contributed by atoms with van der Waals surface area (Å²) in [5.74, 6) is 0.695. The van der Waals surface area contributed by atoms with Crippen LogP contribution in [0, 0.1) is 0 Å². The third-order valence-corrected chi connectivity index (χ3v) is 6.45. The van der Waals surface area contributed by atoms with Crippen molar-refractivity contribution in [2.45, 2.75) is 13.5 Å². The van der Waals surface area contributed by atoms with Crippen molar-refractivity contribution in [1.29, 1.82) is 0 Å². The highest BCUT2D eigenvalue weighted by molar-refractivity contribution is 8.26. The van der Waals surface area contributed by atoms with Crippen LogP contribution in [0.5, 0.6) is 11.5 Å². The third-order valence-electron chi connectivity index (χ3n) is 4.20. The summed E-state index contributed by atoms with van der Waals surface area (Å²) in [6.45, 7) is 6.50. The molecule has 0 aliphatic carbocycles. The van der Waals surface area contributed by atoms with Gasteiger partial charge in [-0.15, -0.1) is 6.58 Å². The number of hydrogen-bond acceptors (Lipinski definition) is 5. The van der Waals surface area contributed by atoms with E-state index >= 15 is 0 Å². The van der Waals surface area contributed by atoms with Gasteiger partial charge in [-0.3, -0.25) is 9.69 Å². The van der Waals surface area contributed by atoms with E-state index in [0.717, 1.165) is 5.56 Å². The topological polar surface area (TPSA) is 38.8 Å². The Morgan fingerprint density at radius 1 is 1.16 bits per heavy atom. The van der Waals surface area contributed by atoms with E-state index in [0.29, 0.717) is 54.5 Å². The molecule has 0 saturated carbocycles. The molecule has 0 atom stereocenters. The van der Waals surface area contributed by atoms with Crippen molar-refractivity contribution in [3.8, 4) is 11.5 Å². The molecule has 31 heavy (non-hydrogen) atoms. The molecular formula is C22H18Cl3NO3S2. The number of halogens is 3. The first-order valence-corrected chi connectivity index (χ1v) is 11.6. The second kappa shape index (κ2) is 10.7. The third kappa shape index (κ3) is 5.76. The first kappa shape index (κ1) is 24.0. The highest BCUT2D eigenvalue weighted by Gasteiger charge is 2.31. The molecule has 0 unspecified atom stereocenters. The fourth-order valence-corrected chi connectivity index (χ4v) is 4.81. The van der Waals surface area contributed by atoms with E-state index in [1.165, 1.54) is 16.7 Å². The summed E-state index contributed by atoms with van der Waals surface area (Å²) in [5, 5.41) is 1.40. The summed E-state index contributed by atoms with van der Waals surface area (Å²) >= 11 is 25.2. The van der Waals surface area contributed by atoms with Gasteiger partial charge in [0.25, 0.3) is 5.91 Å². The van der Waals surface area contributed by atoms with E-state index < -0.39 is 0 Å². The Morgan fingerprint density at radius 2 is 1.94 bits per heavy atom. The number of rotatable bonds is 8. The molecule has 2 aromatic rings. The number of carbonyl (C=O) groups excluding carboxylic acids is 1. The van der Waals surface area contributed by atoms with Crippen LogP contribution in [0.25, 0.3) is 6.08 Å². The second-order valence-corrected chi connectivity index (χ2v) is 9.29. The zero-order valence-electron chi connectivity index (χ0n) is 16.5. The lowest BCUT2D eigenvalue weighted by Crippen LogP contribution is -2.27. The average molecular weight is 515 g/mol. The second-order valence-electron chi connectivity index (χ2n) is 6.37. The van der Waals surface area contributed by atoms with Crippen molar-refractivity contribution in [3.63, 3.8) is 0 Å². The number of carbonyl (C=O) groups is 1. The molecule has 0 bridgehead atoms. The summed E-state index contributed by atoms with van der Waals surface area (Å²) in [5.41, 5.74) is 1.46. The number of nitrogens with zero attached hydrogens (tertiary/aromatic N) is 1. The predicted molar refractivity (Wildman–Crippen MR) is 133 cm³/mol. The molecule has 0 N–H and O–H groups in total. The molecule has 1 aliphatic heterocycles. The Morgan fingerprint density at radius 3 is 2.61 bits per heavy atom. The van der Waals surface area contributed by atoms with Crippen molar-refractivity contribution in [2.75, 3.05) is 13.2 Å². The maximum absolute atomic E-state index is 12.6. The maximum atomic E-state index is 12.6. The van der Waals surface area contributed by atoms with E-state index in [1.807, 2.05) is 6.92 Å². The Bertz CT molecular complexity index is 1070. The van der Waals surface area contributed by atoms with Crippen molar-refractivity contribution in [3.05, 3.63) is 74.1 Å². The van der Waals surface area contributed by atoms with Crippen LogP contribution >= 0.6 is 58.8 Å². The quantitative estimate of drug-likeness (QED) is 0.215. The van der Waals surface area contributed by atoms with Gasteiger partial charge >= 0.3 is 0 Å². The molecule has 4 nitrogen and oxygen atoms in total. The fraction of sp³-hybridized carbons (Fsp3) is 0.182. The van der Waals surface area contributed by atoms with E-state index in [9.17, 15) is 4.79 Å². The Kier molecular flexibility index (Phi) is 8.30. The van der Waals surface area contributed by atoms with Crippen molar-refractivity contribution >= 4 is 75.1 Å². The molecular weight excluding hydrogens is 497 g/mol. The van der Waals surface area contributed by atoms with Crippen LogP contribution in [0.4, 0.5) is 0 Å². The summed E-state index contributed by atoms with van der Waals surface area (Å²) in [4.78, 5) is 14.6. The first-order valence-electron chi connectivity index (χ1n) is 9.23. The lowest BCUT2D eigenvalue weighted by atomic mass is 10.1. The van der Waals surface area contributed by atoms with Gasteiger partial charge < -0.3 is 9.47 Å². The summed E-state index contributed by atoms with van der Waals surface area (Å²) in [7, 11) is 0.